The summed E-state index contributed by atoms with van der Waals surface area (Å²) in [6.07, 6.45) is 1.65. The minimum Gasteiger partial charge on any atom is -0.377 e. The predicted molar refractivity (Wildman–Crippen MR) is 100 cm³/mol. The number of hydrogen-bond donors (Lipinski definition) is 2. The zero-order valence-corrected chi connectivity index (χ0v) is 14.4. The molecule has 0 saturated carbocycles. The number of aromatic nitrogens is 1. The summed E-state index contributed by atoms with van der Waals surface area (Å²) in [7, 11) is 0. The Kier molecular flexibility index (Phi) is 5.59. The van der Waals surface area contributed by atoms with Crippen LogP contribution >= 0.6 is 0 Å². The topological polar surface area (TPSA) is 54.0 Å². The van der Waals surface area contributed by atoms with Gasteiger partial charge in [-0.1, -0.05) is 42.5 Å². The Labute approximate surface area is 152 Å². The summed E-state index contributed by atoms with van der Waals surface area (Å²) in [5.41, 5.74) is 3.19. The van der Waals surface area contributed by atoms with E-state index in [1.54, 1.807) is 24.4 Å². The maximum absolute atomic E-state index is 12.9. The molecule has 0 radical (unpaired) electrons. The Balaban J connectivity index is 1.56. The fourth-order valence-corrected chi connectivity index (χ4v) is 2.56. The third kappa shape index (κ3) is 4.66. The van der Waals surface area contributed by atoms with Crippen LogP contribution in [0.5, 0.6) is 0 Å². The summed E-state index contributed by atoms with van der Waals surface area (Å²) in [5.74, 6) is -0.563. The van der Waals surface area contributed by atoms with Gasteiger partial charge in [0.05, 0.1) is 11.9 Å². The number of benzene rings is 2. The standard InChI is InChI=1S/C21H20FN3O/c1-15(17-5-3-2-4-6-17)25-19-11-12-20(23-14-19)21(26)24-13-16-7-9-18(22)10-8-16/h2-12,14-15,25H,13H2,1H3,(H,24,26). The number of nitrogens with zero attached hydrogens (tertiary/aromatic N) is 1. The van der Waals surface area contributed by atoms with Gasteiger partial charge in [0.2, 0.25) is 0 Å². The molecule has 1 aromatic heterocycles. The number of carbonyl (C=O) groups is 1. The SMILES string of the molecule is CC(Nc1ccc(C(=O)NCc2ccc(F)cc2)nc1)c1ccccc1. The molecule has 1 atom stereocenters. The van der Waals surface area contributed by atoms with Crippen LogP contribution in [0.15, 0.2) is 72.9 Å². The first-order valence-electron chi connectivity index (χ1n) is 8.42. The first-order chi connectivity index (χ1) is 12.6. The average molecular weight is 349 g/mol. The smallest absolute Gasteiger partial charge is 0.270 e. The van der Waals surface area contributed by atoms with Gasteiger partial charge in [0.15, 0.2) is 0 Å². The number of carbonyl (C=O) groups excluding carboxylic acids is 1. The van der Waals surface area contributed by atoms with Crippen molar-refractivity contribution in [2.45, 2.75) is 19.5 Å². The summed E-state index contributed by atoms with van der Waals surface area (Å²) in [6.45, 7) is 2.39. The molecule has 4 nitrogen and oxygen atoms in total. The number of rotatable bonds is 6. The van der Waals surface area contributed by atoms with Gasteiger partial charge in [-0.05, 0) is 42.3 Å². The van der Waals surface area contributed by atoms with Gasteiger partial charge in [-0.25, -0.2) is 9.37 Å². The molecule has 2 aromatic carbocycles. The third-order valence-corrected chi connectivity index (χ3v) is 4.05. The van der Waals surface area contributed by atoms with E-state index in [1.165, 1.54) is 17.7 Å². The lowest BCUT2D eigenvalue weighted by molar-refractivity contribution is 0.0946. The fraction of sp³-hybridized carbons (Fsp3) is 0.143. The second-order valence-electron chi connectivity index (χ2n) is 6.02. The average Bonchev–Trinajstić information content (AvgIpc) is 2.68. The van der Waals surface area contributed by atoms with Gasteiger partial charge in [0.1, 0.15) is 11.5 Å². The lowest BCUT2D eigenvalue weighted by atomic mass is 10.1. The van der Waals surface area contributed by atoms with Crippen LogP contribution < -0.4 is 10.6 Å². The molecule has 0 saturated heterocycles. The highest BCUT2D eigenvalue weighted by atomic mass is 19.1. The van der Waals surface area contributed by atoms with E-state index in [1.807, 2.05) is 24.3 Å². The zero-order chi connectivity index (χ0) is 18.4. The Bertz CT molecular complexity index is 849. The van der Waals surface area contributed by atoms with E-state index in [2.05, 4.69) is 34.7 Å². The molecule has 0 spiro atoms. The summed E-state index contributed by atoms with van der Waals surface area (Å²) < 4.78 is 12.9. The van der Waals surface area contributed by atoms with Gasteiger partial charge in [-0.3, -0.25) is 4.79 Å². The molecule has 1 heterocycles. The van der Waals surface area contributed by atoms with Crippen molar-refractivity contribution in [3.63, 3.8) is 0 Å². The van der Waals surface area contributed by atoms with E-state index < -0.39 is 0 Å². The molecule has 0 aliphatic carbocycles. The molecule has 1 unspecified atom stereocenters. The number of hydrogen-bond acceptors (Lipinski definition) is 3. The highest BCUT2D eigenvalue weighted by Crippen LogP contribution is 2.18. The highest BCUT2D eigenvalue weighted by molar-refractivity contribution is 5.92. The van der Waals surface area contributed by atoms with Crippen molar-refractivity contribution >= 4 is 11.6 Å². The molecule has 132 valence electrons. The number of halogens is 1. The molecule has 1 amide bonds. The zero-order valence-electron chi connectivity index (χ0n) is 14.4. The van der Waals surface area contributed by atoms with Crippen molar-refractivity contribution in [3.05, 3.63) is 95.6 Å². The van der Waals surface area contributed by atoms with E-state index in [4.69, 9.17) is 0 Å². The van der Waals surface area contributed by atoms with Crippen LogP contribution in [-0.4, -0.2) is 10.9 Å². The Hall–Kier alpha value is -3.21. The van der Waals surface area contributed by atoms with Crippen molar-refractivity contribution < 1.29 is 9.18 Å². The second kappa shape index (κ2) is 8.25. The molecule has 5 heteroatoms. The molecule has 0 bridgehead atoms. The first-order valence-corrected chi connectivity index (χ1v) is 8.42. The first kappa shape index (κ1) is 17.6. The van der Waals surface area contributed by atoms with E-state index in [9.17, 15) is 9.18 Å². The van der Waals surface area contributed by atoms with Crippen molar-refractivity contribution in [2.24, 2.45) is 0 Å². The molecule has 3 aromatic rings. The van der Waals surface area contributed by atoms with Crippen LogP contribution in [0.4, 0.5) is 10.1 Å². The molecule has 2 N–H and O–H groups in total. The quantitative estimate of drug-likeness (QED) is 0.697. The van der Waals surface area contributed by atoms with Gasteiger partial charge in [0, 0.05) is 12.6 Å². The van der Waals surface area contributed by atoms with E-state index >= 15 is 0 Å². The fourth-order valence-electron chi connectivity index (χ4n) is 2.56. The number of amides is 1. The predicted octanol–water partition coefficient (Wildman–Crippen LogP) is 4.32. The largest absolute Gasteiger partial charge is 0.377 e. The maximum Gasteiger partial charge on any atom is 0.270 e. The van der Waals surface area contributed by atoms with Crippen LogP contribution in [-0.2, 0) is 6.54 Å². The molecular formula is C21H20FN3O. The summed E-state index contributed by atoms with van der Waals surface area (Å²) >= 11 is 0. The van der Waals surface area contributed by atoms with Crippen LogP contribution in [0, 0.1) is 5.82 Å². The van der Waals surface area contributed by atoms with Crippen LogP contribution in [0.1, 0.15) is 34.6 Å². The highest BCUT2D eigenvalue weighted by Gasteiger charge is 2.09. The number of nitrogens with one attached hydrogen (secondary N) is 2. The van der Waals surface area contributed by atoms with Crippen LogP contribution in [0.25, 0.3) is 0 Å². The van der Waals surface area contributed by atoms with Gasteiger partial charge in [-0.2, -0.15) is 0 Å². The monoisotopic (exact) mass is 349 g/mol. The molecule has 0 aliphatic rings. The van der Waals surface area contributed by atoms with Gasteiger partial charge >= 0.3 is 0 Å². The Morgan fingerprint density at radius 1 is 1.04 bits per heavy atom. The number of pyridine rings is 1. The summed E-state index contributed by atoms with van der Waals surface area (Å²) in [6, 6.07) is 19.8. The second-order valence-corrected chi connectivity index (χ2v) is 6.02. The minimum atomic E-state index is -0.297. The minimum absolute atomic E-state index is 0.135. The molecule has 26 heavy (non-hydrogen) atoms. The van der Waals surface area contributed by atoms with Crippen molar-refractivity contribution in [2.75, 3.05) is 5.32 Å². The summed E-state index contributed by atoms with van der Waals surface area (Å²) in [5, 5.41) is 6.13. The maximum atomic E-state index is 12.9. The third-order valence-electron chi connectivity index (χ3n) is 4.05. The van der Waals surface area contributed by atoms with Crippen LogP contribution in [0.2, 0.25) is 0 Å². The van der Waals surface area contributed by atoms with Crippen molar-refractivity contribution in [3.8, 4) is 0 Å². The van der Waals surface area contributed by atoms with Gasteiger partial charge in [-0.15, -0.1) is 0 Å². The molecule has 3 rings (SSSR count). The normalized spacial score (nSPS) is 11.6. The van der Waals surface area contributed by atoms with E-state index in [-0.39, 0.29) is 17.8 Å². The lowest BCUT2D eigenvalue weighted by Gasteiger charge is -2.15. The van der Waals surface area contributed by atoms with E-state index in [0.717, 1.165) is 11.3 Å². The number of anilines is 1. The Morgan fingerprint density at radius 3 is 2.42 bits per heavy atom. The van der Waals surface area contributed by atoms with Crippen LogP contribution in [0.3, 0.4) is 0 Å². The lowest BCUT2D eigenvalue weighted by Crippen LogP contribution is -2.23. The van der Waals surface area contributed by atoms with E-state index in [0.29, 0.717) is 12.2 Å². The molecule has 0 aliphatic heterocycles. The van der Waals surface area contributed by atoms with Crippen molar-refractivity contribution in [1.82, 2.24) is 10.3 Å². The molecular weight excluding hydrogens is 329 g/mol. The van der Waals surface area contributed by atoms with Gasteiger partial charge < -0.3 is 10.6 Å². The van der Waals surface area contributed by atoms with Crippen molar-refractivity contribution in [1.29, 1.82) is 0 Å². The van der Waals surface area contributed by atoms with Gasteiger partial charge in [0.25, 0.3) is 5.91 Å². The molecule has 0 fully saturated rings. The Morgan fingerprint density at radius 2 is 1.77 bits per heavy atom. The summed E-state index contributed by atoms with van der Waals surface area (Å²) in [4.78, 5) is 16.4.